The van der Waals surface area contributed by atoms with Gasteiger partial charge in [-0.1, -0.05) is 23.9 Å². The fraction of sp³-hybridized carbons (Fsp3) is 0.278. The number of aromatic nitrogens is 1. The van der Waals surface area contributed by atoms with Gasteiger partial charge in [0, 0.05) is 17.6 Å². The van der Waals surface area contributed by atoms with E-state index in [0.29, 0.717) is 17.1 Å². The fourth-order valence-electron chi connectivity index (χ4n) is 2.72. The Hall–Kier alpha value is -2.55. The first-order chi connectivity index (χ1) is 12.7. The molecule has 1 aliphatic heterocycles. The molecular formula is C18H17F3N4OS. The standard InChI is InChI=1S/C18H17F3N4OS/c1-17(7-8-27-16(22)25-17)11-3-2-4-13(9-11)24-15(26)14-6-5-12(10-23-14)18(19,20)21/h2-6,9-10H,7-8H2,1H3,(H2,22,25)(H,24,26). The van der Waals surface area contributed by atoms with Gasteiger partial charge in [-0.2, -0.15) is 13.2 Å². The van der Waals surface area contributed by atoms with Crippen LogP contribution in [-0.4, -0.2) is 21.8 Å². The van der Waals surface area contributed by atoms with E-state index in [1.165, 1.54) is 11.8 Å². The van der Waals surface area contributed by atoms with E-state index in [-0.39, 0.29) is 5.69 Å². The SMILES string of the molecule is CC1(c2cccc(NC(=O)c3ccc(C(F)(F)F)cn3)c2)CCSC(N)=N1. The van der Waals surface area contributed by atoms with Crippen molar-refractivity contribution < 1.29 is 18.0 Å². The van der Waals surface area contributed by atoms with Crippen molar-refractivity contribution in [2.24, 2.45) is 10.7 Å². The van der Waals surface area contributed by atoms with Crippen LogP contribution in [0.4, 0.5) is 18.9 Å². The van der Waals surface area contributed by atoms with Gasteiger partial charge in [0.05, 0.1) is 11.1 Å². The number of thioether (sulfide) groups is 1. The molecule has 0 aliphatic carbocycles. The van der Waals surface area contributed by atoms with E-state index in [2.05, 4.69) is 15.3 Å². The van der Waals surface area contributed by atoms with Crippen LogP contribution in [-0.2, 0) is 11.7 Å². The van der Waals surface area contributed by atoms with Gasteiger partial charge in [0.1, 0.15) is 5.69 Å². The van der Waals surface area contributed by atoms with E-state index in [4.69, 9.17) is 5.73 Å². The maximum atomic E-state index is 12.6. The van der Waals surface area contributed by atoms with Crippen molar-refractivity contribution >= 4 is 28.5 Å². The number of hydrogen-bond acceptors (Lipinski definition) is 5. The average molecular weight is 394 g/mol. The van der Waals surface area contributed by atoms with Gasteiger partial charge in [-0.3, -0.25) is 14.8 Å². The highest BCUT2D eigenvalue weighted by molar-refractivity contribution is 8.13. The minimum atomic E-state index is -4.49. The summed E-state index contributed by atoms with van der Waals surface area (Å²) >= 11 is 1.50. The Kier molecular flexibility index (Phi) is 5.14. The van der Waals surface area contributed by atoms with Gasteiger partial charge in [-0.15, -0.1) is 0 Å². The van der Waals surface area contributed by atoms with Crippen LogP contribution >= 0.6 is 11.8 Å². The van der Waals surface area contributed by atoms with Crippen molar-refractivity contribution in [2.45, 2.75) is 25.1 Å². The Bertz CT molecular complexity index is 883. The summed E-state index contributed by atoms with van der Waals surface area (Å²) in [6, 6.07) is 9.04. The number of pyridine rings is 1. The second kappa shape index (κ2) is 7.22. The summed E-state index contributed by atoms with van der Waals surface area (Å²) in [5, 5.41) is 3.18. The van der Waals surface area contributed by atoms with Crippen molar-refractivity contribution in [1.29, 1.82) is 0 Å². The van der Waals surface area contributed by atoms with Crippen LogP contribution < -0.4 is 11.1 Å². The smallest absolute Gasteiger partial charge is 0.379 e. The Labute approximate surface area is 158 Å². The number of carbonyl (C=O) groups excluding carboxylic acids is 1. The van der Waals surface area contributed by atoms with Crippen LogP contribution in [0.3, 0.4) is 0 Å². The number of benzene rings is 1. The molecule has 1 atom stereocenters. The molecular weight excluding hydrogens is 377 g/mol. The number of nitrogens with two attached hydrogens (primary N) is 1. The molecule has 0 radical (unpaired) electrons. The number of anilines is 1. The summed E-state index contributed by atoms with van der Waals surface area (Å²) in [5.41, 5.74) is 5.75. The molecule has 0 spiro atoms. The third-order valence-corrected chi connectivity index (χ3v) is 5.06. The molecule has 3 rings (SSSR count). The third kappa shape index (κ3) is 4.41. The molecule has 1 amide bonds. The molecule has 1 aliphatic rings. The maximum absolute atomic E-state index is 12.6. The third-order valence-electron chi connectivity index (χ3n) is 4.26. The molecule has 2 heterocycles. The summed E-state index contributed by atoms with van der Waals surface area (Å²) in [4.78, 5) is 20.4. The van der Waals surface area contributed by atoms with E-state index in [1.54, 1.807) is 18.2 Å². The molecule has 2 aromatic rings. The number of carbonyl (C=O) groups is 1. The van der Waals surface area contributed by atoms with E-state index >= 15 is 0 Å². The van der Waals surface area contributed by atoms with Crippen LogP contribution in [0.15, 0.2) is 47.6 Å². The number of aliphatic imine (C=N–C) groups is 1. The molecule has 0 bridgehead atoms. The van der Waals surface area contributed by atoms with Gasteiger partial charge < -0.3 is 11.1 Å². The predicted octanol–water partition coefficient (Wildman–Crippen LogP) is 4.02. The maximum Gasteiger partial charge on any atom is 0.417 e. The second-order valence-corrected chi connectivity index (χ2v) is 7.40. The van der Waals surface area contributed by atoms with Crippen LogP contribution in [0.25, 0.3) is 0 Å². The summed E-state index contributed by atoms with van der Waals surface area (Å²) in [5.74, 6) is 0.256. The van der Waals surface area contributed by atoms with Crippen LogP contribution in [0.2, 0.25) is 0 Å². The lowest BCUT2D eigenvalue weighted by molar-refractivity contribution is -0.137. The zero-order valence-electron chi connectivity index (χ0n) is 14.4. The first kappa shape index (κ1) is 19.2. The van der Waals surface area contributed by atoms with Gasteiger partial charge in [0.15, 0.2) is 5.17 Å². The number of alkyl halides is 3. The Morgan fingerprint density at radius 1 is 1.30 bits per heavy atom. The summed E-state index contributed by atoms with van der Waals surface area (Å²) in [7, 11) is 0. The number of rotatable bonds is 3. The number of nitrogens with one attached hydrogen (secondary N) is 1. The zero-order chi connectivity index (χ0) is 19.7. The quantitative estimate of drug-likeness (QED) is 0.824. The first-order valence-electron chi connectivity index (χ1n) is 8.11. The number of amides is 1. The van der Waals surface area contributed by atoms with Crippen LogP contribution in [0.5, 0.6) is 0 Å². The molecule has 0 saturated heterocycles. The molecule has 5 nitrogen and oxygen atoms in total. The Morgan fingerprint density at radius 3 is 2.70 bits per heavy atom. The fourth-order valence-corrected chi connectivity index (χ4v) is 3.69. The molecule has 1 aromatic carbocycles. The summed E-state index contributed by atoms with van der Waals surface area (Å²) < 4.78 is 37.8. The Morgan fingerprint density at radius 2 is 2.07 bits per heavy atom. The first-order valence-corrected chi connectivity index (χ1v) is 9.09. The van der Waals surface area contributed by atoms with E-state index in [9.17, 15) is 18.0 Å². The minimum absolute atomic E-state index is 0.101. The van der Waals surface area contributed by atoms with Gasteiger partial charge in [-0.05, 0) is 43.2 Å². The molecule has 1 aromatic heterocycles. The number of hydrogen-bond donors (Lipinski definition) is 2. The zero-order valence-corrected chi connectivity index (χ0v) is 15.2. The van der Waals surface area contributed by atoms with Gasteiger partial charge >= 0.3 is 6.18 Å². The van der Waals surface area contributed by atoms with Crippen LogP contribution in [0.1, 0.15) is 35.0 Å². The van der Waals surface area contributed by atoms with E-state index in [1.807, 2.05) is 13.0 Å². The molecule has 142 valence electrons. The lowest BCUT2D eigenvalue weighted by Gasteiger charge is -2.30. The van der Waals surface area contributed by atoms with Crippen molar-refractivity contribution in [3.63, 3.8) is 0 Å². The molecule has 27 heavy (non-hydrogen) atoms. The Balaban J connectivity index is 1.78. The lowest BCUT2D eigenvalue weighted by atomic mass is 9.89. The van der Waals surface area contributed by atoms with Gasteiger partial charge in [-0.25, -0.2) is 0 Å². The molecule has 1 unspecified atom stereocenters. The summed E-state index contributed by atoms with van der Waals surface area (Å²) in [6.45, 7) is 1.97. The second-order valence-electron chi connectivity index (χ2n) is 6.29. The highest BCUT2D eigenvalue weighted by Gasteiger charge is 2.31. The number of amidine groups is 1. The highest BCUT2D eigenvalue weighted by Crippen LogP contribution is 2.36. The van der Waals surface area contributed by atoms with E-state index < -0.39 is 23.2 Å². The van der Waals surface area contributed by atoms with E-state index in [0.717, 1.165) is 29.9 Å². The van der Waals surface area contributed by atoms with Crippen molar-refractivity contribution in [3.8, 4) is 0 Å². The van der Waals surface area contributed by atoms with Gasteiger partial charge in [0.25, 0.3) is 5.91 Å². The van der Waals surface area contributed by atoms with Gasteiger partial charge in [0.2, 0.25) is 0 Å². The van der Waals surface area contributed by atoms with Crippen molar-refractivity contribution in [1.82, 2.24) is 4.98 Å². The number of halogens is 3. The highest BCUT2D eigenvalue weighted by atomic mass is 32.2. The molecule has 0 fully saturated rings. The number of nitrogens with zero attached hydrogens (tertiary/aromatic N) is 2. The van der Waals surface area contributed by atoms with Crippen molar-refractivity contribution in [3.05, 3.63) is 59.4 Å². The lowest BCUT2D eigenvalue weighted by Crippen LogP contribution is -2.28. The normalized spacial score (nSPS) is 20.1. The van der Waals surface area contributed by atoms with Crippen molar-refractivity contribution in [2.75, 3.05) is 11.1 Å². The summed E-state index contributed by atoms with van der Waals surface area (Å²) in [6.07, 6.45) is -3.05. The monoisotopic (exact) mass is 394 g/mol. The van der Waals surface area contributed by atoms with Crippen LogP contribution in [0, 0.1) is 0 Å². The average Bonchev–Trinajstić information content (AvgIpc) is 2.61. The largest absolute Gasteiger partial charge is 0.417 e. The molecule has 0 saturated carbocycles. The molecule has 9 heteroatoms. The molecule has 3 N–H and O–H groups in total. The predicted molar refractivity (Wildman–Crippen MR) is 99.7 cm³/mol. The minimum Gasteiger partial charge on any atom is -0.379 e. The topological polar surface area (TPSA) is 80.4 Å².